The number of ether oxygens (including phenoxy) is 1. The maximum absolute atomic E-state index is 6.20. The number of hydrogen-bond acceptors (Lipinski definition) is 3. The lowest BCUT2D eigenvalue weighted by Gasteiger charge is -2.59. The van der Waals surface area contributed by atoms with E-state index in [2.05, 4.69) is 11.8 Å². The molecule has 4 nitrogen and oxygen atoms in total. The van der Waals surface area contributed by atoms with Gasteiger partial charge in [0.25, 0.3) is 0 Å². The monoisotopic (exact) mass is 411 g/mol. The predicted octanol–water partition coefficient (Wildman–Crippen LogP) is 2.32. The third-order valence-corrected chi connectivity index (χ3v) is 5.96. The molecule has 2 aliphatic carbocycles. The molecular weight excluding hydrogens is 385 g/mol. The van der Waals surface area contributed by atoms with Crippen molar-refractivity contribution in [3.8, 4) is 0 Å². The molecule has 6 heteroatoms. The van der Waals surface area contributed by atoms with Gasteiger partial charge >= 0.3 is 0 Å². The van der Waals surface area contributed by atoms with Crippen molar-refractivity contribution in [3.05, 3.63) is 0 Å². The van der Waals surface area contributed by atoms with E-state index in [0.717, 1.165) is 32.1 Å². The Labute approximate surface area is 143 Å². The molecule has 3 fully saturated rings. The second kappa shape index (κ2) is 7.05. The van der Waals surface area contributed by atoms with Crippen LogP contribution in [0.25, 0.3) is 0 Å². The van der Waals surface area contributed by atoms with Crippen LogP contribution in [0.15, 0.2) is 4.99 Å². The van der Waals surface area contributed by atoms with Crippen LogP contribution in [-0.2, 0) is 4.74 Å². The Balaban J connectivity index is 0.00000147. The zero-order valence-corrected chi connectivity index (χ0v) is 15.4. The van der Waals surface area contributed by atoms with E-state index in [1.165, 1.54) is 30.8 Å². The lowest BCUT2D eigenvalue weighted by Crippen LogP contribution is -2.62. The van der Waals surface area contributed by atoms with Crippen molar-refractivity contribution in [2.45, 2.75) is 44.8 Å². The average Bonchev–Trinajstić information content (AvgIpc) is 2.36. The maximum atomic E-state index is 6.20. The van der Waals surface area contributed by atoms with Crippen LogP contribution in [0.1, 0.15) is 32.6 Å². The molecule has 1 saturated heterocycles. The Morgan fingerprint density at radius 3 is 2.65 bits per heavy atom. The third-order valence-electron chi connectivity index (χ3n) is 5.02. The van der Waals surface area contributed by atoms with Crippen molar-refractivity contribution < 1.29 is 4.74 Å². The van der Waals surface area contributed by atoms with Crippen LogP contribution in [0.5, 0.6) is 0 Å². The van der Waals surface area contributed by atoms with Crippen LogP contribution in [0.4, 0.5) is 0 Å². The highest BCUT2D eigenvalue weighted by molar-refractivity contribution is 14.0. The van der Waals surface area contributed by atoms with E-state index in [1.54, 1.807) is 0 Å². The first-order valence-electron chi connectivity index (χ1n) is 7.54. The lowest BCUT2D eigenvalue weighted by molar-refractivity contribution is -0.162. The fourth-order valence-electron chi connectivity index (χ4n) is 3.62. The number of aliphatic imine (C=N–C) groups is 1. The molecule has 20 heavy (non-hydrogen) atoms. The van der Waals surface area contributed by atoms with Crippen molar-refractivity contribution in [3.63, 3.8) is 0 Å². The standard InChI is InChI=1S/C14H25N3OS.HI/c1-2-18-12-10-11(14(12)4-3-5-14)16-13(15)17-6-8-19-9-7-17;/h11-12H,2-10H2,1H3,(H2,15,16);1H. The second-order valence-corrected chi connectivity index (χ2v) is 7.09. The molecule has 0 bridgehead atoms. The van der Waals surface area contributed by atoms with Crippen LogP contribution in [0, 0.1) is 5.41 Å². The Bertz CT molecular complexity index is 356. The smallest absolute Gasteiger partial charge is 0.191 e. The molecule has 0 radical (unpaired) electrons. The largest absolute Gasteiger partial charge is 0.378 e. The van der Waals surface area contributed by atoms with Crippen molar-refractivity contribution in [2.75, 3.05) is 31.2 Å². The first kappa shape index (κ1) is 16.7. The van der Waals surface area contributed by atoms with Crippen molar-refractivity contribution in [1.29, 1.82) is 0 Å². The summed E-state index contributed by atoms with van der Waals surface area (Å²) in [6.07, 6.45) is 5.38. The van der Waals surface area contributed by atoms with Gasteiger partial charge in [-0.05, 0) is 26.2 Å². The molecule has 0 amide bonds. The van der Waals surface area contributed by atoms with E-state index in [4.69, 9.17) is 15.5 Å². The van der Waals surface area contributed by atoms with Gasteiger partial charge in [0.15, 0.2) is 5.96 Å². The first-order chi connectivity index (χ1) is 9.26. The molecule has 2 saturated carbocycles. The summed E-state index contributed by atoms with van der Waals surface area (Å²) in [7, 11) is 0. The Morgan fingerprint density at radius 2 is 2.10 bits per heavy atom. The van der Waals surface area contributed by atoms with Gasteiger partial charge in [-0.3, -0.25) is 0 Å². The summed E-state index contributed by atoms with van der Waals surface area (Å²) in [6, 6.07) is 0.410. The number of thioether (sulfide) groups is 1. The fraction of sp³-hybridized carbons (Fsp3) is 0.929. The molecule has 1 spiro atoms. The highest BCUT2D eigenvalue weighted by Gasteiger charge is 2.59. The summed E-state index contributed by atoms with van der Waals surface area (Å²) in [4.78, 5) is 7.09. The summed E-state index contributed by atoms with van der Waals surface area (Å²) in [5.41, 5.74) is 6.54. The minimum Gasteiger partial charge on any atom is -0.378 e. The van der Waals surface area contributed by atoms with Crippen LogP contribution in [0.3, 0.4) is 0 Å². The summed E-state index contributed by atoms with van der Waals surface area (Å²) in [6.45, 7) is 5.01. The normalized spacial score (nSPS) is 32.2. The van der Waals surface area contributed by atoms with Crippen molar-refractivity contribution >= 4 is 41.7 Å². The molecule has 3 aliphatic rings. The minimum absolute atomic E-state index is 0. The quantitative estimate of drug-likeness (QED) is 0.440. The zero-order valence-electron chi connectivity index (χ0n) is 12.2. The Kier molecular flexibility index (Phi) is 5.88. The molecular formula is C14H26IN3OS. The summed E-state index contributed by atoms with van der Waals surface area (Å²) in [5.74, 6) is 3.12. The highest BCUT2D eigenvalue weighted by atomic mass is 127. The number of rotatable bonds is 3. The molecule has 0 aromatic heterocycles. The molecule has 116 valence electrons. The van der Waals surface area contributed by atoms with Gasteiger partial charge in [0, 0.05) is 36.6 Å². The molecule has 0 aromatic carbocycles. The Morgan fingerprint density at radius 1 is 1.40 bits per heavy atom. The van der Waals surface area contributed by atoms with Crippen LogP contribution >= 0.6 is 35.7 Å². The first-order valence-corrected chi connectivity index (χ1v) is 8.69. The molecule has 1 aliphatic heterocycles. The van der Waals surface area contributed by atoms with Gasteiger partial charge in [-0.2, -0.15) is 11.8 Å². The third kappa shape index (κ3) is 2.92. The van der Waals surface area contributed by atoms with Crippen LogP contribution < -0.4 is 5.73 Å². The number of guanidine groups is 1. The highest BCUT2D eigenvalue weighted by Crippen LogP contribution is 2.58. The predicted molar refractivity (Wildman–Crippen MR) is 96.0 cm³/mol. The number of halogens is 1. The SMILES string of the molecule is CCOC1CC(N=C(N)N2CCSCC2)C12CCC2.I. The van der Waals surface area contributed by atoms with E-state index in [-0.39, 0.29) is 24.0 Å². The van der Waals surface area contributed by atoms with Crippen molar-refractivity contribution in [1.82, 2.24) is 4.90 Å². The van der Waals surface area contributed by atoms with Gasteiger partial charge in [0.2, 0.25) is 0 Å². The summed E-state index contributed by atoms with van der Waals surface area (Å²) >= 11 is 2.00. The van der Waals surface area contributed by atoms with E-state index < -0.39 is 0 Å². The van der Waals surface area contributed by atoms with Gasteiger partial charge < -0.3 is 15.4 Å². The van der Waals surface area contributed by atoms with E-state index >= 15 is 0 Å². The van der Waals surface area contributed by atoms with Crippen LogP contribution in [0.2, 0.25) is 0 Å². The maximum Gasteiger partial charge on any atom is 0.191 e. The lowest BCUT2D eigenvalue weighted by atomic mass is 9.51. The fourth-order valence-corrected chi connectivity index (χ4v) is 4.52. The molecule has 0 aromatic rings. The summed E-state index contributed by atoms with van der Waals surface area (Å²) < 4.78 is 5.87. The number of hydrogen-bond donors (Lipinski definition) is 1. The van der Waals surface area contributed by atoms with E-state index in [9.17, 15) is 0 Å². The Hall–Kier alpha value is 0.310. The summed E-state index contributed by atoms with van der Waals surface area (Å²) in [5, 5.41) is 0. The zero-order chi connectivity index (χ0) is 13.3. The molecule has 2 atom stereocenters. The van der Waals surface area contributed by atoms with Crippen LogP contribution in [-0.4, -0.2) is 54.2 Å². The number of nitrogens with two attached hydrogens (primary N) is 1. The minimum atomic E-state index is 0. The topological polar surface area (TPSA) is 50.9 Å². The van der Waals surface area contributed by atoms with Crippen molar-refractivity contribution in [2.24, 2.45) is 16.1 Å². The number of nitrogens with zero attached hydrogens (tertiary/aromatic N) is 2. The second-order valence-electron chi connectivity index (χ2n) is 5.87. The van der Waals surface area contributed by atoms with Gasteiger partial charge in [-0.25, -0.2) is 4.99 Å². The molecule has 1 heterocycles. The van der Waals surface area contributed by atoms with E-state index in [0.29, 0.717) is 17.6 Å². The van der Waals surface area contributed by atoms with Gasteiger partial charge in [0.05, 0.1) is 12.1 Å². The molecule has 2 N–H and O–H groups in total. The molecule has 3 rings (SSSR count). The van der Waals surface area contributed by atoms with Gasteiger partial charge in [-0.15, -0.1) is 24.0 Å². The average molecular weight is 411 g/mol. The van der Waals surface area contributed by atoms with E-state index in [1.807, 2.05) is 11.8 Å². The van der Waals surface area contributed by atoms with Gasteiger partial charge in [0.1, 0.15) is 0 Å². The molecule has 2 unspecified atom stereocenters. The van der Waals surface area contributed by atoms with Gasteiger partial charge in [-0.1, -0.05) is 6.42 Å².